The normalized spacial score (nSPS) is 17.4. The van der Waals surface area contributed by atoms with E-state index in [9.17, 15) is 9.18 Å². The molecule has 132 valence electrons. The second kappa shape index (κ2) is 8.09. The van der Waals surface area contributed by atoms with Crippen LogP contribution in [0.15, 0.2) is 48.5 Å². The van der Waals surface area contributed by atoms with Crippen molar-refractivity contribution in [2.24, 2.45) is 5.73 Å². The van der Waals surface area contributed by atoms with Crippen LogP contribution in [0.3, 0.4) is 0 Å². The second-order valence-corrected chi connectivity index (χ2v) is 6.04. The van der Waals surface area contributed by atoms with Gasteiger partial charge in [-0.3, -0.25) is 0 Å². The summed E-state index contributed by atoms with van der Waals surface area (Å²) in [6, 6.07) is 13.6. The van der Waals surface area contributed by atoms with E-state index in [0.717, 1.165) is 17.5 Å². The molecule has 25 heavy (non-hydrogen) atoms. The summed E-state index contributed by atoms with van der Waals surface area (Å²) < 4.78 is 19.0. The molecule has 3 rings (SSSR count). The van der Waals surface area contributed by atoms with E-state index in [2.05, 4.69) is 5.32 Å². The first-order valence-electron chi connectivity index (χ1n) is 8.39. The fraction of sp³-hybridized carbons (Fsp3) is 0.316. The molecule has 2 amide bonds. The Morgan fingerprint density at radius 2 is 2.00 bits per heavy atom. The quantitative estimate of drug-likeness (QED) is 0.896. The van der Waals surface area contributed by atoms with Crippen LogP contribution in [0.5, 0.6) is 0 Å². The Bertz CT molecular complexity index is 736. The third-order valence-corrected chi connectivity index (χ3v) is 4.19. The predicted octanol–water partition coefficient (Wildman–Crippen LogP) is 3.07. The van der Waals surface area contributed by atoms with E-state index in [4.69, 9.17) is 10.5 Å². The van der Waals surface area contributed by atoms with E-state index in [-0.39, 0.29) is 18.0 Å². The van der Waals surface area contributed by atoms with E-state index in [1.165, 1.54) is 12.1 Å². The highest BCUT2D eigenvalue weighted by Crippen LogP contribution is 2.23. The molecule has 1 heterocycles. The maximum atomic E-state index is 13.4. The molecule has 0 radical (unpaired) electrons. The number of anilines is 1. The van der Waals surface area contributed by atoms with Gasteiger partial charge >= 0.3 is 6.03 Å². The Labute approximate surface area is 146 Å². The summed E-state index contributed by atoms with van der Waals surface area (Å²) in [5.41, 5.74) is 7.85. The van der Waals surface area contributed by atoms with Crippen LogP contribution in [0.25, 0.3) is 11.1 Å². The summed E-state index contributed by atoms with van der Waals surface area (Å²) >= 11 is 0. The lowest BCUT2D eigenvalue weighted by atomic mass is 10.1. The Kier molecular flexibility index (Phi) is 5.63. The number of nitrogens with zero attached hydrogens (tertiary/aromatic N) is 1. The first-order chi connectivity index (χ1) is 12.2. The third kappa shape index (κ3) is 4.55. The average Bonchev–Trinajstić information content (AvgIpc) is 2.62. The molecule has 1 aliphatic heterocycles. The van der Waals surface area contributed by atoms with Crippen LogP contribution in [0.2, 0.25) is 0 Å². The van der Waals surface area contributed by atoms with Gasteiger partial charge in [0.05, 0.1) is 12.7 Å². The Morgan fingerprint density at radius 3 is 2.76 bits per heavy atom. The number of nitrogens with two attached hydrogens (primary N) is 1. The molecule has 5 nitrogen and oxygen atoms in total. The molecular weight excluding hydrogens is 321 g/mol. The van der Waals surface area contributed by atoms with E-state index in [0.29, 0.717) is 31.9 Å². The topological polar surface area (TPSA) is 67.6 Å². The SMILES string of the molecule is NCC[C@@H]1CN(C(=O)Nc2cccc(-c3cccc(F)c3)c2)CCO1. The molecule has 1 aliphatic rings. The Hall–Kier alpha value is -2.44. The number of rotatable bonds is 4. The van der Waals surface area contributed by atoms with E-state index >= 15 is 0 Å². The average molecular weight is 343 g/mol. The van der Waals surface area contributed by atoms with Crippen molar-refractivity contribution in [3.63, 3.8) is 0 Å². The van der Waals surface area contributed by atoms with Crippen molar-refractivity contribution >= 4 is 11.7 Å². The number of halogens is 1. The number of amides is 2. The zero-order valence-electron chi connectivity index (χ0n) is 14.0. The van der Waals surface area contributed by atoms with Gasteiger partial charge in [-0.05, 0) is 48.4 Å². The summed E-state index contributed by atoms with van der Waals surface area (Å²) in [7, 11) is 0. The molecule has 0 aromatic heterocycles. The number of benzene rings is 2. The van der Waals surface area contributed by atoms with Crippen molar-refractivity contribution in [2.45, 2.75) is 12.5 Å². The van der Waals surface area contributed by atoms with Crippen LogP contribution in [0, 0.1) is 5.82 Å². The number of hydrogen-bond acceptors (Lipinski definition) is 3. The van der Waals surface area contributed by atoms with E-state index in [1.54, 1.807) is 11.0 Å². The zero-order valence-corrected chi connectivity index (χ0v) is 14.0. The van der Waals surface area contributed by atoms with Crippen molar-refractivity contribution in [2.75, 3.05) is 31.6 Å². The van der Waals surface area contributed by atoms with Crippen LogP contribution in [0.4, 0.5) is 14.9 Å². The maximum absolute atomic E-state index is 13.4. The van der Waals surface area contributed by atoms with Gasteiger partial charge in [0.15, 0.2) is 0 Å². The maximum Gasteiger partial charge on any atom is 0.322 e. The van der Waals surface area contributed by atoms with Gasteiger partial charge in [0, 0.05) is 18.8 Å². The van der Waals surface area contributed by atoms with Crippen molar-refractivity contribution < 1.29 is 13.9 Å². The van der Waals surface area contributed by atoms with E-state index < -0.39 is 0 Å². The highest BCUT2D eigenvalue weighted by molar-refractivity contribution is 5.90. The van der Waals surface area contributed by atoms with Crippen LogP contribution >= 0.6 is 0 Å². The number of carbonyl (C=O) groups excluding carboxylic acids is 1. The molecule has 3 N–H and O–H groups in total. The van der Waals surface area contributed by atoms with Gasteiger partial charge in [-0.2, -0.15) is 0 Å². The molecular formula is C19H22FN3O2. The summed E-state index contributed by atoms with van der Waals surface area (Å²) in [6.45, 7) is 2.14. The van der Waals surface area contributed by atoms with Gasteiger partial charge in [-0.25, -0.2) is 9.18 Å². The molecule has 2 aromatic rings. The standard InChI is InChI=1S/C19H22FN3O2/c20-16-5-1-3-14(11-16)15-4-2-6-17(12-15)22-19(24)23-9-10-25-18(13-23)7-8-21/h1-6,11-12,18H,7-10,13,21H2,(H,22,24)/t18-/m1/s1. The number of urea groups is 1. The van der Waals surface area contributed by atoms with Gasteiger partial charge < -0.3 is 20.7 Å². The third-order valence-electron chi connectivity index (χ3n) is 4.19. The Balaban J connectivity index is 1.68. The van der Waals surface area contributed by atoms with Crippen molar-refractivity contribution in [3.8, 4) is 11.1 Å². The van der Waals surface area contributed by atoms with Crippen molar-refractivity contribution in [1.82, 2.24) is 4.90 Å². The van der Waals surface area contributed by atoms with E-state index in [1.807, 2.05) is 30.3 Å². The molecule has 6 heteroatoms. The smallest absolute Gasteiger partial charge is 0.322 e. The molecule has 0 bridgehead atoms. The summed E-state index contributed by atoms with van der Waals surface area (Å²) in [6.07, 6.45) is 0.724. The first-order valence-corrected chi connectivity index (χ1v) is 8.39. The highest BCUT2D eigenvalue weighted by atomic mass is 19.1. The van der Waals surface area contributed by atoms with Gasteiger partial charge in [-0.15, -0.1) is 0 Å². The number of morpholine rings is 1. The molecule has 0 unspecified atom stereocenters. The molecule has 0 aliphatic carbocycles. The monoisotopic (exact) mass is 343 g/mol. The lowest BCUT2D eigenvalue weighted by Gasteiger charge is -2.32. The van der Waals surface area contributed by atoms with Crippen LogP contribution in [-0.2, 0) is 4.74 Å². The fourth-order valence-electron chi connectivity index (χ4n) is 2.91. The predicted molar refractivity (Wildman–Crippen MR) is 95.8 cm³/mol. The van der Waals surface area contributed by atoms with Crippen molar-refractivity contribution in [1.29, 1.82) is 0 Å². The minimum absolute atomic E-state index is 0.0110. The first kappa shape index (κ1) is 17.4. The summed E-state index contributed by atoms with van der Waals surface area (Å²) in [5.74, 6) is -0.286. The Morgan fingerprint density at radius 1 is 1.24 bits per heavy atom. The van der Waals surface area contributed by atoms with Gasteiger partial charge in [0.25, 0.3) is 0 Å². The summed E-state index contributed by atoms with van der Waals surface area (Å²) in [5, 5.41) is 2.91. The molecule has 0 spiro atoms. The van der Waals surface area contributed by atoms with Gasteiger partial charge in [-0.1, -0.05) is 24.3 Å². The number of carbonyl (C=O) groups is 1. The molecule has 0 saturated carbocycles. The fourth-order valence-corrected chi connectivity index (χ4v) is 2.91. The van der Waals surface area contributed by atoms with Crippen LogP contribution in [0.1, 0.15) is 6.42 Å². The number of hydrogen-bond donors (Lipinski definition) is 2. The molecule has 2 aromatic carbocycles. The number of ether oxygens (including phenoxy) is 1. The van der Waals surface area contributed by atoms with Crippen LogP contribution < -0.4 is 11.1 Å². The zero-order chi connectivity index (χ0) is 17.6. The molecule has 1 atom stereocenters. The van der Waals surface area contributed by atoms with Crippen molar-refractivity contribution in [3.05, 3.63) is 54.3 Å². The lowest BCUT2D eigenvalue weighted by molar-refractivity contribution is -0.0146. The highest BCUT2D eigenvalue weighted by Gasteiger charge is 2.23. The molecule has 1 fully saturated rings. The number of nitrogens with one attached hydrogen (secondary N) is 1. The minimum Gasteiger partial charge on any atom is -0.374 e. The minimum atomic E-state index is -0.286. The second-order valence-electron chi connectivity index (χ2n) is 6.04. The largest absolute Gasteiger partial charge is 0.374 e. The lowest BCUT2D eigenvalue weighted by Crippen LogP contribution is -2.47. The van der Waals surface area contributed by atoms with Gasteiger partial charge in [0.1, 0.15) is 5.82 Å². The van der Waals surface area contributed by atoms with Crippen LogP contribution in [-0.4, -0.2) is 43.3 Å². The summed E-state index contributed by atoms with van der Waals surface area (Å²) in [4.78, 5) is 14.2. The van der Waals surface area contributed by atoms with Gasteiger partial charge in [0.2, 0.25) is 0 Å². The molecule has 1 saturated heterocycles.